The topological polar surface area (TPSA) is 257 Å². The predicted octanol–water partition coefficient (Wildman–Crippen LogP) is 13.0. The van der Waals surface area contributed by atoms with Crippen molar-refractivity contribution in [3.63, 3.8) is 0 Å². The molecule has 0 heterocycles. The molecule has 0 aromatic heterocycles. The average Bonchev–Trinajstić information content (AvgIpc) is 2.08. The zero-order valence-electron chi connectivity index (χ0n) is 55.7. The summed E-state index contributed by atoms with van der Waals surface area (Å²) in [7, 11) is -3.74. The second kappa shape index (κ2) is 52.0. The van der Waals surface area contributed by atoms with Crippen LogP contribution in [0.1, 0.15) is 117 Å². The fourth-order valence-corrected chi connectivity index (χ4v) is 8.70. The molecule has 0 saturated carbocycles. The van der Waals surface area contributed by atoms with Gasteiger partial charge in [0.1, 0.15) is 12.2 Å². The molecule has 0 aliphatic heterocycles. The van der Waals surface area contributed by atoms with Crippen molar-refractivity contribution in [2.45, 2.75) is 139 Å². The van der Waals surface area contributed by atoms with E-state index in [1.807, 2.05) is 159 Å². The van der Waals surface area contributed by atoms with Gasteiger partial charge in [-0.25, -0.2) is 4.79 Å². The third kappa shape index (κ3) is 41.9. The summed E-state index contributed by atoms with van der Waals surface area (Å²) in [6.45, 7) is 29.0. The number of nitrogens with two attached hydrogens (primary N) is 1. The Labute approximate surface area is 547 Å². The quantitative estimate of drug-likeness (QED) is 0.00908. The lowest BCUT2D eigenvalue weighted by Gasteiger charge is -2.19. The Balaban J connectivity index is 0.000000397. The molecule has 0 aliphatic carbocycles. The molecule has 508 valence electrons. The maximum atomic E-state index is 12.0. The van der Waals surface area contributed by atoms with E-state index in [-0.39, 0.29) is 37.3 Å². The molecule has 0 amide bonds. The highest BCUT2D eigenvalue weighted by molar-refractivity contribution is 7.86. The fraction of sp³-hybridized carbons (Fsp3) is 0.479. The number of aliphatic hydroxyl groups excluding tert-OH is 1. The van der Waals surface area contributed by atoms with Crippen molar-refractivity contribution in [2.75, 3.05) is 92.4 Å². The summed E-state index contributed by atoms with van der Waals surface area (Å²) in [4.78, 5) is 14.3. The van der Waals surface area contributed by atoms with Gasteiger partial charge in [-0.05, 0) is 136 Å². The molecule has 6 rings (SSSR count). The molecular formula is C71H102N4O16S. The molecule has 20 nitrogen and oxygen atoms in total. The van der Waals surface area contributed by atoms with Gasteiger partial charge in [0.05, 0.1) is 111 Å². The summed E-state index contributed by atoms with van der Waals surface area (Å²) >= 11 is 0. The monoisotopic (exact) mass is 1300 g/mol. The summed E-state index contributed by atoms with van der Waals surface area (Å²) in [5, 5.41) is 12.0. The largest absolute Gasteiger partial charge is 0.458 e. The lowest BCUT2D eigenvalue weighted by molar-refractivity contribution is -0.160. The smallest absolute Gasteiger partial charge is 0.332 e. The van der Waals surface area contributed by atoms with E-state index in [1.54, 1.807) is 12.1 Å². The molecule has 0 bridgehead atoms. The van der Waals surface area contributed by atoms with Gasteiger partial charge in [0, 0.05) is 51.0 Å². The highest BCUT2D eigenvalue weighted by Gasteiger charge is 2.17. The van der Waals surface area contributed by atoms with Crippen LogP contribution in [0.3, 0.4) is 0 Å². The van der Waals surface area contributed by atoms with Gasteiger partial charge >= 0.3 is 5.97 Å². The molecule has 3 N–H and O–H groups in total. The first-order chi connectivity index (χ1) is 44.5. The van der Waals surface area contributed by atoms with E-state index < -0.39 is 15.7 Å². The normalized spacial score (nSPS) is 10.9. The summed E-state index contributed by atoms with van der Waals surface area (Å²) in [6, 6.07) is 46.8. The van der Waals surface area contributed by atoms with E-state index >= 15 is 0 Å². The molecule has 0 saturated heterocycles. The van der Waals surface area contributed by atoms with Gasteiger partial charge in [-0.3, -0.25) is 4.18 Å². The maximum absolute atomic E-state index is 12.0. The fourth-order valence-electron chi connectivity index (χ4n) is 7.80. The van der Waals surface area contributed by atoms with Gasteiger partial charge < -0.3 is 62.9 Å². The Bertz CT molecular complexity index is 2960. The van der Waals surface area contributed by atoms with Crippen molar-refractivity contribution in [1.29, 1.82) is 0 Å². The maximum Gasteiger partial charge on any atom is 0.332 e. The van der Waals surface area contributed by atoms with Crippen LogP contribution in [0.4, 0.5) is 0 Å². The van der Waals surface area contributed by atoms with E-state index in [1.165, 1.54) is 23.3 Å². The van der Waals surface area contributed by atoms with E-state index in [0.29, 0.717) is 119 Å². The molecule has 92 heavy (non-hydrogen) atoms. The van der Waals surface area contributed by atoms with Crippen LogP contribution in [0.5, 0.6) is 0 Å². The highest BCUT2D eigenvalue weighted by atomic mass is 32.2. The molecule has 6 aromatic rings. The first-order valence-corrected chi connectivity index (χ1v) is 32.6. The predicted molar refractivity (Wildman–Crippen MR) is 357 cm³/mol. The number of benzene rings is 6. The van der Waals surface area contributed by atoms with Crippen LogP contribution in [0, 0.1) is 6.92 Å². The van der Waals surface area contributed by atoms with Crippen LogP contribution < -0.4 is 5.73 Å². The van der Waals surface area contributed by atoms with E-state index in [0.717, 1.165) is 63.3 Å². The first kappa shape index (κ1) is 81.6. The van der Waals surface area contributed by atoms with Gasteiger partial charge in [-0.1, -0.05) is 144 Å². The number of hydrogen-bond donors (Lipinski definition) is 2. The van der Waals surface area contributed by atoms with Crippen LogP contribution in [-0.2, 0) is 137 Å². The number of esters is 1. The Morgan fingerprint density at radius 3 is 1.10 bits per heavy atom. The number of carbonyl (C=O) groups excluding carboxylic acids is 1. The van der Waals surface area contributed by atoms with Gasteiger partial charge in [0.2, 0.25) is 0 Å². The van der Waals surface area contributed by atoms with Crippen LogP contribution >= 0.6 is 0 Å². The Kier molecular flexibility index (Phi) is 46.1. The van der Waals surface area contributed by atoms with Crippen molar-refractivity contribution >= 4 is 16.1 Å². The minimum atomic E-state index is -3.74. The van der Waals surface area contributed by atoms with Crippen LogP contribution in [-0.4, -0.2) is 117 Å². The van der Waals surface area contributed by atoms with E-state index in [4.69, 9.17) is 72.7 Å². The van der Waals surface area contributed by atoms with Crippen LogP contribution in [0.15, 0.2) is 156 Å². The van der Waals surface area contributed by atoms with E-state index in [2.05, 4.69) is 34.3 Å². The summed E-state index contributed by atoms with van der Waals surface area (Å²) < 4.78 is 87.8. The van der Waals surface area contributed by atoms with Crippen LogP contribution in [0.2, 0.25) is 0 Å². The molecule has 0 fully saturated rings. The zero-order valence-corrected chi connectivity index (χ0v) is 56.5. The van der Waals surface area contributed by atoms with Crippen molar-refractivity contribution in [2.24, 2.45) is 10.8 Å². The molecule has 6 aromatic carbocycles. The molecule has 0 unspecified atom stereocenters. The lowest BCUT2D eigenvalue weighted by atomic mass is 10.1. The van der Waals surface area contributed by atoms with Gasteiger partial charge in [-0.15, -0.1) is 0 Å². The number of nitrogens with zero attached hydrogens (tertiary/aromatic N) is 3. The summed E-state index contributed by atoms with van der Waals surface area (Å²) in [5.41, 5.74) is 25.0. The standard InChI is InChI=1S/C19H24O5S.C16H24O4.C12H17N3O2.C12H19NO2.C12H18O3/c1-3-22-14-17-5-4-6-18(13-17)15-23-11-12-24-25(20,21)19-9-7-16(2)8-10-19;1-5-18-10-13-7-6-8-14(9-13)11-19-12-15(17)20-16(2,3)4;1-2-16-9-11-4-3-5-12(8-11)10-17-7-6-14-15-13;2*1-2-14-9-11-4-3-5-12(8-11)10-15-7-6-13/h4-10,13H,3,11-12,14-15H2,1-2H3;6-9H,5,10-12H2,1-4H3;3-5,8H,2,6-7,9-10H2,1H3;3-5,8H,2,6-7,9-10,13H2,1H3;3-5,8,13H,2,6-7,9-10H2,1H3. The first-order valence-electron chi connectivity index (χ1n) is 31.2. The second-order valence-electron chi connectivity index (χ2n) is 21.1. The van der Waals surface area contributed by atoms with Gasteiger partial charge in [-0.2, -0.15) is 8.42 Å². The Morgan fingerprint density at radius 2 is 0.783 bits per heavy atom. The van der Waals surface area contributed by atoms with Gasteiger partial charge in [0.15, 0.2) is 0 Å². The third-order valence-corrected chi connectivity index (χ3v) is 13.3. The number of aryl methyl sites for hydroxylation is 1. The molecular weight excluding hydrogens is 1200 g/mol. The molecule has 0 atom stereocenters. The molecule has 0 radical (unpaired) electrons. The number of rotatable bonds is 39. The van der Waals surface area contributed by atoms with Gasteiger partial charge in [0.25, 0.3) is 10.1 Å². The molecule has 21 heteroatoms. The Morgan fingerprint density at radius 1 is 0.467 bits per heavy atom. The van der Waals surface area contributed by atoms with Crippen LogP contribution in [0.25, 0.3) is 10.4 Å². The highest BCUT2D eigenvalue weighted by Crippen LogP contribution is 2.16. The minimum absolute atomic E-state index is 0.0190. The Hall–Kier alpha value is -6.47. The SMILES string of the molecule is CCOCc1cccc(COCC(=O)OC(C)(C)C)c1.CCOCc1cccc(COCCN)c1.CCOCc1cccc(COCCN=[N+]=[N-])c1.CCOCc1cccc(COCCO)c1.CCOCc1cccc(COCCOS(=O)(=O)c2ccc(C)cc2)c1. The summed E-state index contributed by atoms with van der Waals surface area (Å²) in [6.07, 6.45) is 0. The third-order valence-electron chi connectivity index (χ3n) is 12.0. The second-order valence-corrected chi connectivity index (χ2v) is 22.7. The van der Waals surface area contributed by atoms with Crippen molar-refractivity contribution in [3.8, 4) is 0 Å². The van der Waals surface area contributed by atoms with Crippen molar-refractivity contribution < 1.29 is 74.6 Å². The van der Waals surface area contributed by atoms with Crippen molar-refractivity contribution in [3.05, 3.63) is 217 Å². The molecule has 0 spiro atoms. The zero-order chi connectivity index (χ0) is 67.3. The number of azide groups is 1. The lowest BCUT2D eigenvalue weighted by Crippen LogP contribution is -2.26. The number of hydrogen-bond acceptors (Lipinski definition) is 18. The molecule has 0 aliphatic rings. The number of aliphatic hydroxyl groups is 1. The number of carbonyl (C=O) groups is 1. The van der Waals surface area contributed by atoms with E-state index in [9.17, 15) is 13.2 Å². The minimum Gasteiger partial charge on any atom is -0.458 e. The summed E-state index contributed by atoms with van der Waals surface area (Å²) in [5.74, 6) is -0.344. The van der Waals surface area contributed by atoms with Crippen molar-refractivity contribution in [1.82, 2.24) is 0 Å². The average molecular weight is 1300 g/mol. The number of ether oxygens (including phenoxy) is 11.